The van der Waals surface area contributed by atoms with E-state index >= 15 is 0 Å². The molecule has 0 aliphatic carbocycles. The third kappa shape index (κ3) is 5.62. The van der Waals surface area contributed by atoms with Crippen molar-refractivity contribution in [2.75, 3.05) is 13.1 Å². The SMILES string of the molecule is O=C(N[C@@H]1C2CCN(CC2)[C@H]1Cc1cccnc1)c1cc2ccccc2o1.O=P(O)(O)O. The average molecular weight is 459 g/mol. The molecule has 2 aromatic heterocycles. The number of rotatable bonds is 4. The van der Waals surface area contributed by atoms with Crippen LogP contribution in [0, 0.1) is 5.92 Å². The number of piperidine rings is 3. The van der Waals surface area contributed by atoms with Gasteiger partial charge in [0.05, 0.1) is 0 Å². The van der Waals surface area contributed by atoms with Gasteiger partial charge in [-0.05, 0) is 62.0 Å². The summed E-state index contributed by atoms with van der Waals surface area (Å²) < 4.78 is 14.7. The Morgan fingerprint density at radius 2 is 1.88 bits per heavy atom. The van der Waals surface area contributed by atoms with Crippen LogP contribution in [0.15, 0.2) is 59.3 Å². The third-order valence-electron chi connectivity index (χ3n) is 6.08. The van der Waals surface area contributed by atoms with Gasteiger partial charge >= 0.3 is 7.82 Å². The normalized spacial score (nSPS) is 24.6. The van der Waals surface area contributed by atoms with Crippen molar-refractivity contribution in [3.63, 3.8) is 0 Å². The summed E-state index contributed by atoms with van der Waals surface area (Å²) in [4.78, 5) is 41.3. The Labute approximate surface area is 185 Å². The van der Waals surface area contributed by atoms with Crippen LogP contribution in [0.3, 0.4) is 0 Å². The summed E-state index contributed by atoms with van der Waals surface area (Å²) in [5.74, 6) is 0.818. The predicted octanol–water partition coefficient (Wildman–Crippen LogP) is 2.33. The molecule has 5 heterocycles. The van der Waals surface area contributed by atoms with Crippen molar-refractivity contribution in [2.45, 2.75) is 31.3 Å². The molecule has 3 aliphatic heterocycles. The van der Waals surface area contributed by atoms with E-state index in [0.29, 0.717) is 17.7 Å². The molecule has 10 heteroatoms. The highest BCUT2D eigenvalue weighted by Crippen LogP contribution is 2.34. The fraction of sp³-hybridized carbons (Fsp3) is 0.364. The number of carbonyl (C=O) groups is 1. The maximum Gasteiger partial charge on any atom is 0.466 e. The van der Waals surface area contributed by atoms with E-state index in [9.17, 15) is 4.79 Å². The second-order valence-electron chi connectivity index (χ2n) is 8.17. The van der Waals surface area contributed by atoms with Crippen molar-refractivity contribution < 1.29 is 28.5 Å². The first-order valence-corrected chi connectivity index (χ1v) is 12.0. The number of aromatic nitrogens is 1. The molecule has 32 heavy (non-hydrogen) atoms. The molecule has 6 rings (SSSR count). The summed E-state index contributed by atoms with van der Waals surface area (Å²) in [5, 5.41) is 4.26. The second kappa shape index (κ2) is 9.52. The Bertz CT molecular complexity index is 1070. The molecular formula is C22H26N3O6P. The molecule has 0 radical (unpaired) electrons. The maximum atomic E-state index is 12.9. The first-order chi connectivity index (χ1) is 15.3. The van der Waals surface area contributed by atoms with Crippen LogP contribution in [0.4, 0.5) is 0 Å². The number of furan rings is 1. The van der Waals surface area contributed by atoms with Gasteiger partial charge in [-0.2, -0.15) is 0 Å². The standard InChI is InChI=1S/C22H23N3O2.H3O4P/c26-22(20-13-17-5-1-2-6-19(17)27-20)24-21-16-7-10-25(11-8-16)18(21)12-15-4-3-9-23-14-15;1-5(2,3)4/h1-6,9,13-14,16,18,21H,7-8,10-12H2,(H,24,26);(H3,1,2,3,4)/t18-,21+;/m0./s1. The van der Waals surface area contributed by atoms with Crippen LogP contribution >= 0.6 is 7.82 Å². The van der Waals surface area contributed by atoms with E-state index in [1.807, 2.05) is 42.6 Å². The van der Waals surface area contributed by atoms with E-state index in [2.05, 4.69) is 21.3 Å². The number of nitrogens with one attached hydrogen (secondary N) is 1. The molecule has 1 aromatic carbocycles. The molecular weight excluding hydrogens is 433 g/mol. The molecule has 4 N–H and O–H groups in total. The highest BCUT2D eigenvalue weighted by Gasteiger charge is 2.43. The number of carbonyl (C=O) groups excluding carboxylic acids is 1. The van der Waals surface area contributed by atoms with Crippen molar-refractivity contribution in [1.82, 2.24) is 15.2 Å². The zero-order chi connectivity index (χ0) is 22.7. The number of pyridine rings is 1. The minimum atomic E-state index is -4.64. The largest absolute Gasteiger partial charge is 0.466 e. The quantitative estimate of drug-likeness (QED) is 0.437. The van der Waals surface area contributed by atoms with Crippen LogP contribution in [-0.4, -0.2) is 55.6 Å². The van der Waals surface area contributed by atoms with E-state index in [0.717, 1.165) is 43.3 Å². The van der Waals surface area contributed by atoms with E-state index in [1.54, 1.807) is 6.20 Å². The van der Waals surface area contributed by atoms with Crippen LogP contribution in [0.1, 0.15) is 29.0 Å². The van der Waals surface area contributed by atoms with Gasteiger partial charge in [0.2, 0.25) is 0 Å². The summed E-state index contributed by atoms with van der Waals surface area (Å²) in [6.07, 6.45) is 6.94. The Hall–Kier alpha value is -2.55. The number of nitrogens with zero attached hydrogens (tertiary/aromatic N) is 2. The van der Waals surface area contributed by atoms with Gasteiger partial charge in [0.25, 0.3) is 5.91 Å². The molecule has 3 fully saturated rings. The summed E-state index contributed by atoms with van der Waals surface area (Å²) >= 11 is 0. The van der Waals surface area contributed by atoms with Gasteiger partial charge < -0.3 is 24.4 Å². The minimum Gasteiger partial charge on any atom is -0.451 e. The molecule has 3 aromatic rings. The monoisotopic (exact) mass is 459 g/mol. The number of para-hydroxylation sites is 1. The lowest BCUT2D eigenvalue weighted by molar-refractivity contribution is 0.0131. The van der Waals surface area contributed by atoms with Crippen molar-refractivity contribution in [1.29, 1.82) is 0 Å². The summed E-state index contributed by atoms with van der Waals surface area (Å²) in [6, 6.07) is 14.1. The minimum absolute atomic E-state index is 0.110. The van der Waals surface area contributed by atoms with Gasteiger partial charge in [0.15, 0.2) is 5.76 Å². The zero-order valence-electron chi connectivity index (χ0n) is 17.4. The van der Waals surface area contributed by atoms with Crippen LogP contribution < -0.4 is 5.32 Å². The van der Waals surface area contributed by atoms with Crippen LogP contribution in [0.5, 0.6) is 0 Å². The van der Waals surface area contributed by atoms with Crippen LogP contribution in [0.2, 0.25) is 0 Å². The van der Waals surface area contributed by atoms with E-state index in [1.165, 1.54) is 5.56 Å². The smallest absolute Gasteiger partial charge is 0.451 e. The first-order valence-electron chi connectivity index (χ1n) is 10.5. The number of hydrogen-bond donors (Lipinski definition) is 4. The molecule has 9 nitrogen and oxygen atoms in total. The van der Waals surface area contributed by atoms with Gasteiger partial charge in [0, 0.05) is 29.9 Å². The molecule has 2 bridgehead atoms. The molecule has 2 atom stereocenters. The third-order valence-corrected chi connectivity index (χ3v) is 6.08. The number of phosphoric acid groups is 1. The lowest BCUT2D eigenvalue weighted by Crippen LogP contribution is -2.64. The highest BCUT2D eigenvalue weighted by molar-refractivity contribution is 7.45. The van der Waals surface area contributed by atoms with Gasteiger partial charge in [-0.1, -0.05) is 24.3 Å². The second-order valence-corrected chi connectivity index (χ2v) is 9.19. The Balaban J connectivity index is 0.000000444. The lowest BCUT2D eigenvalue weighted by atomic mass is 9.76. The molecule has 3 saturated heterocycles. The topological polar surface area (TPSA) is 136 Å². The molecule has 3 aliphatic rings. The summed E-state index contributed by atoms with van der Waals surface area (Å²) in [7, 11) is -4.64. The molecule has 0 spiro atoms. The summed E-state index contributed by atoms with van der Waals surface area (Å²) in [6.45, 7) is 2.24. The molecule has 0 saturated carbocycles. The summed E-state index contributed by atoms with van der Waals surface area (Å²) in [5.41, 5.74) is 1.97. The van der Waals surface area contributed by atoms with E-state index in [4.69, 9.17) is 23.7 Å². The van der Waals surface area contributed by atoms with E-state index < -0.39 is 7.82 Å². The Morgan fingerprint density at radius 3 is 2.53 bits per heavy atom. The first kappa shape index (κ1) is 22.6. The van der Waals surface area contributed by atoms with Crippen LogP contribution in [0.25, 0.3) is 11.0 Å². The fourth-order valence-corrected chi connectivity index (χ4v) is 4.70. The average Bonchev–Trinajstić information content (AvgIpc) is 3.20. The number of amides is 1. The van der Waals surface area contributed by atoms with Crippen LogP contribution in [-0.2, 0) is 11.0 Å². The Morgan fingerprint density at radius 1 is 1.16 bits per heavy atom. The van der Waals surface area contributed by atoms with Gasteiger partial charge in [-0.25, -0.2) is 4.57 Å². The van der Waals surface area contributed by atoms with Gasteiger partial charge in [0.1, 0.15) is 5.58 Å². The van der Waals surface area contributed by atoms with Gasteiger partial charge in [-0.15, -0.1) is 0 Å². The molecule has 1 amide bonds. The predicted molar refractivity (Wildman–Crippen MR) is 118 cm³/mol. The number of benzene rings is 1. The van der Waals surface area contributed by atoms with Gasteiger partial charge in [-0.3, -0.25) is 14.7 Å². The highest BCUT2D eigenvalue weighted by atomic mass is 31.2. The maximum absolute atomic E-state index is 12.9. The van der Waals surface area contributed by atoms with Crippen molar-refractivity contribution in [3.05, 3.63) is 66.2 Å². The fourth-order valence-electron chi connectivity index (χ4n) is 4.70. The van der Waals surface area contributed by atoms with E-state index in [-0.39, 0.29) is 11.9 Å². The number of fused-ring (bicyclic) bond motifs is 4. The van der Waals surface area contributed by atoms with Crippen molar-refractivity contribution >= 4 is 24.7 Å². The Kier molecular flexibility index (Phi) is 6.74. The molecule has 170 valence electrons. The van der Waals surface area contributed by atoms with Crippen molar-refractivity contribution in [3.8, 4) is 0 Å². The molecule has 0 unspecified atom stereocenters. The lowest BCUT2D eigenvalue weighted by Gasteiger charge is -2.51. The van der Waals surface area contributed by atoms with Crippen molar-refractivity contribution in [2.24, 2.45) is 5.92 Å². The zero-order valence-corrected chi connectivity index (χ0v) is 18.3. The number of hydrogen-bond acceptors (Lipinski definition) is 5.